The number of rotatable bonds is 6. The highest BCUT2D eigenvalue weighted by Crippen LogP contribution is 2.33. The third-order valence-electron chi connectivity index (χ3n) is 4.23. The van der Waals surface area contributed by atoms with Gasteiger partial charge in [0.05, 0.1) is 12.3 Å². The molecule has 0 saturated carbocycles. The molecule has 4 nitrogen and oxygen atoms in total. The molecule has 25 heavy (non-hydrogen) atoms. The predicted octanol–water partition coefficient (Wildman–Crippen LogP) is 3.72. The van der Waals surface area contributed by atoms with E-state index in [4.69, 9.17) is 10.5 Å². The normalized spacial score (nSPS) is 12.2. The molecule has 0 aliphatic heterocycles. The maximum absolute atomic E-state index is 13.9. The van der Waals surface area contributed by atoms with Gasteiger partial charge in [0.15, 0.2) is 0 Å². The molecular weight excluding hydrogens is 317 g/mol. The molecule has 1 unspecified atom stereocenters. The standard InChI is InChI=1S/C20H22FN3O/c1-3-25-20-10-9-15(21)11-16(20)17(13-22)19-12-18(23-24(19)2)14-7-5-4-6-8-14/h4-12,17H,3,13,22H2,1-2H3. The minimum absolute atomic E-state index is 0.202. The summed E-state index contributed by atoms with van der Waals surface area (Å²) in [6.45, 7) is 2.75. The fraction of sp³-hybridized carbons (Fsp3) is 0.250. The SMILES string of the molecule is CCOc1ccc(F)cc1C(CN)c1cc(-c2ccccc2)nn1C. The molecule has 1 aromatic heterocycles. The van der Waals surface area contributed by atoms with Crippen molar-refractivity contribution in [1.82, 2.24) is 9.78 Å². The first-order chi connectivity index (χ1) is 12.1. The van der Waals surface area contributed by atoms with Gasteiger partial charge in [-0.2, -0.15) is 5.10 Å². The van der Waals surface area contributed by atoms with Crippen LogP contribution < -0.4 is 10.5 Å². The minimum Gasteiger partial charge on any atom is -0.494 e. The number of halogens is 1. The summed E-state index contributed by atoms with van der Waals surface area (Å²) in [7, 11) is 1.88. The smallest absolute Gasteiger partial charge is 0.123 e. The third-order valence-corrected chi connectivity index (χ3v) is 4.23. The van der Waals surface area contributed by atoms with Crippen molar-refractivity contribution >= 4 is 0 Å². The molecule has 5 heteroatoms. The average Bonchev–Trinajstić information content (AvgIpc) is 3.01. The lowest BCUT2D eigenvalue weighted by Crippen LogP contribution is -2.18. The van der Waals surface area contributed by atoms with Gasteiger partial charge in [-0.3, -0.25) is 4.68 Å². The third kappa shape index (κ3) is 3.56. The maximum Gasteiger partial charge on any atom is 0.123 e. The first-order valence-electron chi connectivity index (χ1n) is 8.35. The Balaban J connectivity index is 2.05. The summed E-state index contributed by atoms with van der Waals surface area (Å²) in [5.74, 6) is 0.149. The molecule has 2 aromatic carbocycles. The summed E-state index contributed by atoms with van der Waals surface area (Å²) >= 11 is 0. The molecule has 0 fully saturated rings. The average molecular weight is 339 g/mol. The van der Waals surface area contributed by atoms with Crippen molar-refractivity contribution in [3.8, 4) is 17.0 Å². The Kier molecular flexibility index (Phi) is 5.14. The molecule has 1 heterocycles. The Labute approximate surface area is 147 Å². The van der Waals surface area contributed by atoms with Crippen molar-refractivity contribution in [3.63, 3.8) is 0 Å². The number of nitrogens with two attached hydrogens (primary N) is 1. The zero-order valence-corrected chi connectivity index (χ0v) is 14.4. The predicted molar refractivity (Wildman–Crippen MR) is 97.1 cm³/mol. The van der Waals surface area contributed by atoms with E-state index >= 15 is 0 Å². The highest BCUT2D eigenvalue weighted by molar-refractivity contribution is 5.60. The molecule has 0 saturated heterocycles. The highest BCUT2D eigenvalue weighted by atomic mass is 19.1. The lowest BCUT2D eigenvalue weighted by molar-refractivity contribution is 0.334. The monoisotopic (exact) mass is 339 g/mol. The van der Waals surface area contributed by atoms with Gasteiger partial charge in [-0.15, -0.1) is 0 Å². The first-order valence-corrected chi connectivity index (χ1v) is 8.35. The molecule has 0 aliphatic rings. The van der Waals surface area contributed by atoms with E-state index in [-0.39, 0.29) is 11.7 Å². The molecule has 0 spiro atoms. The van der Waals surface area contributed by atoms with Crippen LogP contribution in [0.25, 0.3) is 11.3 Å². The number of aromatic nitrogens is 2. The van der Waals surface area contributed by atoms with Gasteiger partial charge in [-0.05, 0) is 31.2 Å². The highest BCUT2D eigenvalue weighted by Gasteiger charge is 2.22. The zero-order valence-electron chi connectivity index (χ0n) is 14.4. The van der Waals surface area contributed by atoms with E-state index < -0.39 is 0 Å². The zero-order chi connectivity index (χ0) is 17.8. The van der Waals surface area contributed by atoms with Crippen LogP contribution in [-0.4, -0.2) is 22.9 Å². The Morgan fingerprint density at radius 2 is 1.92 bits per heavy atom. The van der Waals surface area contributed by atoms with E-state index in [0.29, 0.717) is 18.9 Å². The van der Waals surface area contributed by atoms with Gasteiger partial charge in [0, 0.05) is 36.3 Å². The van der Waals surface area contributed by atoms with E-state index in [1.54, 1.807) is 10.7 Å². The Morgan fingerprint density at radius 3 is 2.60 bits per heavy atom. The van der Waals surface area contributed by atoms with Crippen LogP contribution in [0.3, 0.4) is 0 Å². The Hall–Kier alpha value is -2.66. The van der Waals surface area contributed by atoms with E-state index in [2.05, 4.69) is 5.10 Å². The topological polar surface area (TPSA) is 53.1 Å². The molecule has 0 bridgehead atoms. The number of hydrogen-bond acceptors (Lipinski definition) is 3. The number of aryl methyl sites for hydroxylation is 1. The lowest BCUT2D eigenvalue weighted by atomic mass is 9.94. The molecule has 1 atom stereocenters. The van der Waals surface area contributed by atoms with Gasteiger partial charge < -0.3 is 10.5 Å². The van der Waals surface area contributed by atoms with Crippen molar-refractivity contribution in [3.05, 3.63) is 71.7 Å². The van der Waals surface area contributed by atoms with Crippen LogP contribution in [0.4, 0.5) is 4.39 Å². The summed E-state index contributed by atoms with van der Waals surface area (Å²) < 4.78 is 21.3. The van der Waals surface area contributed by atoms with Gasteiger partial charge in [0.25, 0.3) is 0 Å². The Bertz CT molecular complexity index is 845. The summed E-state index contributed by atoms with van der Waals surface area (Å²) in [5.41, 5.74) is 9.61. The molecule has 3 rings (SSSR count). The number of hydrogen-bond donors (Lipinski definition) is 1. The van der Waals surface area contributed by atoms with Crippen LogP contribution in [0, 0.1) is 5.82 Å². The van der Waals surface area contributed by atoms with Crippen LogP contribution in [0.5, 0.6) is 5.75 Å². The fourth-order valence-electron chi connectivity index (χ4n) is 3.04. The Morgan fingerprint density at radius 1 is 1.16 bits per heavy atom. The lowest BCUT2D eigenvalue weighted by Gasteiger charge is -2.19. The van der Waals surface area contributed by atoms with Crippen molar-refractivity contribution in [2.75, 3.05) is 13.2 Å². The van der Waals surface area contributed by atoms with E-state index in [9.17, 15) is 4.39 Å². The number of nitrogens with zero attached hydrogens (tertiary/aromatic N) is 2. The second-order valence-electron chi connectivity index (χ2n) is 5.85. The molecule has 3 aromatic rings. The van der Waals surface area contributed by atoms with E-state index in [1.807, 2.05) is 50.4 Å². The number of ether oxygens (including phenoxy) is 1. The molecule has 0 amide bonds. The summed E-state index contributed by atoms with van der Waals surface area (Å²) in [6, 6.07) is 16.5. The van der Waals surface area contributed by atoms with E-state index in [0.717, 1.165) is 22.5 Å². The van der Waals surface area contributed by atoms with E-state index in [1.165, 1.54) is 12.1 Å². The van der Waals surface area contributed by atoms with Crippen molar-refractivity contribution in [2.24, 2.45) is 12.8 Å². The quantitative estimate of drug-likeness (QED) is 0.745. The van der Waals surface area contributed by atoms with Crippen LogP contribution in [0.1, 0.15) is 24.1 Å². The van der Waals surface area contributed by atoms with Gasteiger partial charge in [0.1, 0.15) is 11.6 Å². The van der Waals surface area contributed by atoms with Crippen molar-refractivity contribution in [2.45, 2.75) is 12.8 Å². The summed E-state index contributed by atoms with van der Waals surface area (Å²) in [6.07, 6.45) is 0. The fourth-order valence-corrected chi connectivity index (χ4v) is 3.04. The van der Waals surface area contributed by atoms with Crippen LogP contribution in [0.15, 0.2) is 54.6 Å². The van der Waals surface area contributed by atoms with Gasteiger partial charge in [0.2, 0.25) is 0 Å². The van der Waals surface area contributed by atoms with Gasteiger partial charge >= 0.3 is 0 Å². The molecule has 0 aliphatic carbocycles. The second kappa shape index (κ2) is 7.49. The van der Waals surface area contributed by atoms with Crippen LogP contribution in [0.2, 0.25) is 0 Å². The van der Waals surface area contributed by atoms with Crippen LogP contribution >= 0.6 is 0 Å². The summed E-state index contributed by atoms with van der Waals surface area (Å²) in [5, 5.41) is 4.60. The van der Waals surface area contributed by atoms with Crippen molar-refractivity contribution < 1.29 is 9.13 Å². The molecule has 2 N–H and O–H groups in total. The maximum atomic E-state index is 13.9. The minimum atomic E-state index is -0.303. The molecular formula is C20H22FN3O. The van der Waals surface area contributed by atoms with Gasteiger partial charge in [-0.25, -0.2) is 4.39 Å². The second-order valence-corrected chi connectivity index (χ2v) is 5.85. The molecule has 130 valence electrons. The largest absolute Gasteiger partial charge is 0.494 e. The molecule has 0 radical (unpaired) electrons. The van der Waals surface area contributed by atoms with Crippen LogP contribution in [-0.2, 0) is 7.05 Å². The first kappa shape index (κ1) is 17.2. The summed E-state index contributed by atoms with van der Waals surface area (Å²) in [4.78, 5) is 0. The van der Waals surface area contributed by atoms with Crippen molar-refractivity contribution in [1.29, 1.82) is 0 Å². The van der Waals surface area contributed by atoms with Gasteiger partial charge in [-0.1, -0.05) is 30.3 Å². The number of benzene rings is 2.